The van der Waals surface area contributed by atoms with Gasteiger partial charge in [-0.15, -0.1) is 0 Å². The number of methoxy groups -OCH3 is 1. The van der Waals surface area contributed by atoms with E-state index in [0.29, 0.717) is 25.4 Å². The molecule has 0 saturated carbocycles. The Kier molecular flexibility index (Phi) is 9.14. The van der Waals surface area contributed by atoms with Crippen LogP contribution < -0.4 is 11.1 Å². The van der Waals surface area contributed by atoms with Gasteiger partial charge in [-0.2, -0.15) is 0 Å². The zero-order chi connectivity index (χ0) is 16.5. The molecule has 0 aromatic rings. The highest BCUT2D eigenvalue weighted by atomic mass is 16.5. The molecule has 126 valence electrons. The predicted molar refractivity (Wildman–Crippen MR) is 89.1 cm³/mol. The van der Waals surface area contributed by atoms with Gasteiger partial charge in [0.25, 0.3) is 0 Å². The molecule has 21 heavy (non-hydrogen) atoms. The van der Waals surface area contributed by atoms with Gasteiger partial charge in [0, 0.05) is 26.7 Å². The topological polar surface area (TPSA) is 64.3 Å². The molecule has 0 aliphatic heterocycles. The Labute approximate surface area is 131 Å². The van der Waals surface area contributed by atoms with Gasteiger partial charge >= 0.3 is 0 Å². The molecule has 0 radical (unpaired) electrons. The molecule has 0 fully saturated rings. The van der Waals surface area contributed by atoms with E-state index in [-0.39, 0.29) is 16.7 Å². The number of hydrogen-bond acceptors (Lipinski definition) is 3. The van der Waals surface area contributed by atoms with E-state index in [1.165, 1.54) is 0 Å². The van der Waals surface area contributed by atoms with Crippen molar-refractivity contribution in [3.8, 4) is 0 Å². The first-order valence-corrected chi connectivity index (χ1v) is 8.08. The summed E-state index contributed by atoms with van der Waals surface area (Å²) in [5, 5.41) is 3.06. The average Bonchev–Trinajstić information content (AvgIpc) is 2.37. The van der Waals surface area contributed by atoms with Crippen LogP contribution in [0.25, 0.3) is 0 Å². The first-order valence-electron chi connectivity index (χ1n) is 8.08. The highest BCUT2D eigenvalue weighted by molar-refractivity contribution is 5.75. The first kappa shape index (κ1) is 20.4. The highest BCUT2D eigenvalue weighted by Crippen LogP contribution is 2.32. The van der Waals surface area contributed by atoms with Crippen LogP contribution in [0, 0.1) is 16.7 Å². The van der Waals surface area contributed by atoms with Crippen molar-refractivity contribution in [2.75, 3.05) is 26.8 Å². The fraction of sp³-hybridized carbons (Fsp3) is 0.941. The van der Waals surface area contributed by atoms with Gasteiger partial charge in [-0.1, -0.05) is 34.6 Å². The molecule has 0 aliphatic carbocycles. The first-order chi connectivity index (χ1) is 9.62. The Morgan fingerprint density at radius 2 is 1.81 bits per heavy atom. The molecule has 0 heterocycles. The summed E-state index contributed by atoms with van der Waals surface area (Å²) in [4.78, 5) is 12.0. The summed E-state index contributed by atoms with van der Waals surface area (Å²) >= 11 is 0. The Morgan fingerprint density at radius 1 is 1.19 bits per heavy atom. The molecular formula is C17H36N2O2. The number of amides is 1. The van der Waals surface area contributed by atoms with E-state index in [1.807, 2.05) is 0 Å². The Morgan fingerprint density at radius 3 is 2.29 bits per heavy atom. The Balaban J connectivity index is 4.14. The maximum absolute atomic E-state index is 12.0. The van der Waals surface area contributed by atoms with E-state index >= 15 is 0 Å². The van der Waals surface area contributed by atoms with Crippen molar-refractivity contribution in [1.82, 2.24) is 5.32 Å². The smallest absolute Gasteiger partial charge is 0.220 e. The van der Waals surface area contributed by atoms with Gasteiger partial charge < -0.3 is 15.8 Å². The number of carbonyl (C=O) groups is 1. The molecule has 4 nitrogen and oxygen atoms in total. The molecule has 0 aromatic carbocycles. The zero-order valence-electron chi connectivity index (χ0n) is 14.9. The molecule has 0 bridgehead atoms. The fourth-order valence-electron chi connectivity index (χ4n) is 2.41. The third-order valence-electron chi connectivity index (χ3n) is 4.21. The maximum atomic E-state index is 12.0. The van der Waals surface area contributed by atoms with E-state index < -0.39 is 0 Å². The number of nitrogens with two attached hydrogens (primary N) is 1. The van der Waals surface area contributed by atoms with E-state index in [9.17, 15) is 4.79 Å². The lowest BCUT2D eigenvalue weighted by Crippen LogP contribution is -2.35. The molecule has 0 aliphatic rings. The number of rotatable bonds is 10. The van der Waals surface area contributed by atoms with E-state index in [2.05, 4.69) is 39.9 Å². The van der Waals surface area contributed by atoms with Crippen molar-refractivity contribution in [3.05, 3.63) is 0 Å². The normalized spacial score (nSPS) is 14.0. The van der Waals surface area contributed by atoms with Crippen LogP contribution in [0.15, 0.2) is 0 Å². The van der Waals surface area contributed by atoms with Gasteiger partial charge in [-0.25, -0.2) is 0 Å². The fourth-order valence-corrected chi connectivity index (χ4v) is 2.41. The van der Waals surface area contributed by atoms with Crippen LogP contribution in [0.3, 0.4) is 0 Å². The van der Waals surface area contributed by atoms with Crippen molar-refractivity contribution in [2.45, 2.75) is 60.3 Å². The zero-order valence-corrected chi connectivity index (χ0v) is 14.9. The van der Waals surface area contributed by atoms with Crippen LogP contribution in [-0.2, 0) is 9.53 Å². The number of nitrogens with one attached hydrogen (secondary N) is 1. The largest absolute Gasteiger partial charge is 0.385 e. The summed E-state index contributed by atoms with van der Waals surface area (Å²) in [5.74, 6) is 0.640. The van der Waals surface area contributed by atoms with Gasteiger partial charge in [-0.05, 0) is 42.6 Å². The third-order valence-corrected chi connectivity index (χ3v) is 4.21. The molecule has 0 spiro atoms. The molecule has 1 atom stereocenters. The molecule has 1 amide bonds. The predicted octanol–water partition coefficient (Wildman–Crippen LogP) is 2.96. The van der Waals surface area contributed by atoms with Gasteiger partial charge in [0.15, 0.2) is 0 Å². The summed E-state index contributed by atoms with van der Waals surface area (Å²) in [6, 6.07) is 0. The van der Waals surface area contributed by atoms with Crippen LogP contribution in [0.1, 0.15) is 60.3 Å². The maximum Gasteiger partial charge on any atom is 0.220 e. The number of carbonyl (C=O) groups excluding carboxylic acids is 1. The number of ether oxygens (including phenoxy) is 1. The lowest BCUT2D eigenvalue weighted by atomic mass is 9.76. The molecular weight excluding hydrogens is 264 g/mol. The SMILES string of the molecule is COCCC(C)(C)CNC(=O)CCC(CCN)C(C)(C)C. The second-order valence-electron chi connectivity index (χ2n) is 7.86. The average molecular weight is 300 g/mol. The van der Waals surface area contributed by atoms with Gasteiger partial charge in [-0.3, -0.25) is 4.79 Å². The lowest BCUT2D eigenvalue weighted by molar-refractivity contribution is -0.122. The monoisotopic (exact) mass is 300 g/mol. The van der Waals surface area contributed by atoms with E-state index in [0.717, 1.165) is 25.9 Å². The van der Waals surface area contributed by atoms with Crippen molar-refractivity contribution in [2.24, 2.45) is 22.5 Å². The standard InChI is InChI=1S/C17H36N2O2/c1-16(2,3)14(9-11-18)7-8-15(20)19-13-17(4,5)10-12-21-6/h14H,7-13,18H2,1-6H3,(H,19,20). The minimum absolute atomic E-state index is 0.0758. The lowest BCUT2D eigenvalue weighted by Gasteiger charge is -2.30. The van der Waals surface area contributed by atoms with E-state index in [1.54, 1.807) is 7.11 Å². The summed E-state index contributed by atoms with van der Waals surface area (Å²) < 4.78 is 5.10. The summed E-state index contributed by atoms with van der Waals surface area (Å²) in [7, 11) is 1.71. The summed E-state index contributed by atoms with van der Waals surface area (Å²) in [6.45, 7) is 13.1. The Bertz CT molecular complexity index is 296. The van der Waals surface area contributed by atoms with Gasteiger partial charge in [0.1, 0.15) is 0 Å². The van der Waals surface area contributed by atoms with Crippen LogP contribution in [0.4, 0.5) is 0 Å². The molecule has 0 saturated heterocycles. The molecule has 1 unspecified atom stereocenters. The van der Waals surface area contributed by atoms with Gasteiger partial charge in [0.05, 0.1) is 0 Å². The van der Waals surface area contributed by atoms with Gasteiger partial charge in [0.2, 0.25) is 5.91 Å². The van der Waals surface area contributed by atoms with Crippen molar-refractivity contribution >= 4 is 5.91 Å². The molecule has 0 rings (SSSR count). The van der Waals surface area contributed by atoms with Crippen LogP contribution in [0.2, 0.25) is 0 Å². The van der Waals surface area contributed by atoms with E-state index in [4.69, 9.17) is 10.5 Å². The minimum atomic E-state index is 0.0758. The third kappa shape index (κ3) is 9.86. The molecule has 0 aromatic heterocycles. The summed E-state index contributed by atoms with van der Waals surface area (Å²) in [6.07, 6.45) is 3.42. The van der Waals surface area contributed by atoms with Crippen molar-refractivity contribution < 1.29 is 9.53 Å². The second kappa shape index (κ2) is 9.42. The summed E-state index contributed by atoms with van der Waals surface area (Å²) in [5.41, 5.74) is 5.96. The van der Waals surface area contributed by atoms with Crippen molar-refractivity contribution in [3.63, 3.8) is 0 Å². The number of hydrogen-bond donors (Lipinski definition) is 2. The highest BCUT2D eigenvalue weighted by Gasteiger charge is 2.25. The van der Waals surface area contributed by atoms with Crippen molar-refractivity contribution in [1.29, 1.82) is 0 Å². The Hall–Kier alpha value is -0.610. The quantitative estimate of drug-likeness (QED) is 0.652. The molecule has 3 N–H and O–H groups in total. The second-order valence-corrected chi connectivity index (χ2v) is 7.86. The van der Waals surface area contributed by atoms with Crippen LogP contribution >= 0.6 is 0 Å². The molecule has 4 heteroatoms. The minimum Gasteiger partial charge on any atom is -0.385 e. The van der Waals surface area contributed by atoms with Crippen LogP contribution in [-0.4, -0.2) is 32.7 Å². The van der Waals surface area contributed by atoms with Crippen LogP contribution in [0.5, 0.6) is 0 Å².